The molecule has 3 rings (SSSR count). The van der Waals surface area contributed by atoms with Crippen LogP contribution in [0.1, 0.15) is 10.4 Å². The first kappa shape index (κ1) is 11.0. The lowest BCUT2D eigenvalue weighted by Crippen LogP contribution is -2.26. The molecule has 0 fully saturated rings. The number of benzene rings is 1. The van der Waals surface area contributed by atoms with Crippen LogP contribution in [0.2, 0.25) is 5.02 Å². The average molecular weight is 264 g/mol. The molecule has 0 saturated heterocycles. The fraction of sp³-hybridized carbons (Fsp3) is 0.0769. The number of hydrogen-bond acceptors (Lipinski definition) is 2. The Labute approximate surface area is 106 Å². The van der Waals surface area contributed by atoms with Crippen LogP contribution in [0.3, 0.4) is 0 Å². The molecular weight excluding hydrogens is 256 g/mol. The van der Waals surface area contributed by atoms with Gasteiger partial charge >= 0.3 is 0 Å². The third-order valence-corrected chi connectivity index (χ3v) is 4.69. The lowest BCUT2D eigenvalue weighted by molar-refractivity contribution is 0.0969. The van der Waals surface area contributed by atoms with E-state index in [1.165, 1.54) is 0 Å². The molecular formula is C13H8ClO2S-. The number of Topliss-reactive ketones (excluding diaryl/α,β-unsaturated/α-hetero) is 1. The third-order valence-electron chi connectivity index (χ3n) is 2.89. The number of carbonyl (C=O) groups is 1. The zero-order chi connectivity index (χ0) is 12.0. The molecule has 1 aromatic rings. The summed E-state index contributed by atoms with van der Waals surface area (Å²) in [5.74, 6) is -0.426. The van der Waals surface area contributed by atoms with Gasteiger partial charge < -0.3 is 4.55 Å². The van der Waals surface area contributed by atoms with E-state index in [0.717, 1.165) is 0 Å². The van der Waals surface area contributed by atoms with Gasteiger partial charge in [-0.1, -0.05) is 35.9 Å². The van der Waals surface area contributed by atoms with Crippen LogP contribution in [0.4, 0.5) is 0 Å². The fourth-order valence-electron chi connectivity index (χ4n) is 2.07. The maximum atomic E-state index is 12.3. The first-order valence-electron chi connectivity index (χ1n) is 5.16. The van der Waals surface area contributed by atoms with Crippen LogP contribution in [0.25, 0.3) is 0 Å². The monoisotopic (exact) mass is 263 g/mol. The molecule has 2 unspecified atom stereocenters. The maximum Gasteiger partial charge on any atom is 0.175 e. The highest BCUT2D eigenvalue weighted by Gasteiger charge is 2.28. The summed E-state index contributed by atoms with van der Waals surface area (Å²) < 4.78 is 12.3. The van der Waals surface area contributed by atoms with Crippen molar-refractivity contribution in [2.45, 2.75) is 4.90 Å². The van der Waals surface area contributed by atoms with Crippen molar-refractivity contribution in [1.82, 2.24) is 0 Å². The number of halogens is 1. The van der Waals surface area contributed by atoms with Crippen LogP contribution >= 0.6 is 22.4 Å². The van der Waals surface area contributed by atoms with E-state index in [-0.39, 0.29) is 5.78 Å². The zero-order valence-electron chi connectivity index (χ0n) is 8.72. The molecule has 0 bridgehead atoms. The summed E-state index contributed by atoms with van der Waals surface area (Å²) in [5.41, 5.74) is 0.476. The summed E-state index contributed by atoms with van der Waals surface area (Å²) in [6.07, 6.45) is 7.15. The van der Waals surface area contributed by atoms with Gasteiger partial charge in [0.05, 0.1) is 5.92 Å². The Morgan fingerprint density at radius 1 is 1.29 bits per heavy atom. The van der Waals surface area contributed by atoms with E-state index in [1.807, 2.05) is 0 Å². The van der Waals surface area contributed by atoms with Gasteiger partial charge in [-0.05, 0) is 28.0 Å². The molecule has 0 amide bonds. The van der Waals surface area contributed by atoms with Crippen molar-refractivity contribution < 1.29 is 9.35 Å². The van der Waals surface area contributed by atoms with Crippen molar-refractivity contribution in [2.75, 3.05) is 0 Å². The van der Waals surface area contributed by atoms with Crippen LogP contribution in [-0.4, -0.2) is 15.2 Å². The lowest BCUT2D eigenvalue weighted by Gasteiger charge is -2.32. The highest BCUT2D eigenvalue weighted by molar-refractivity contribution is 8.11. The molecule has 0 saturated carbocycles. The molecule has 1 aromatic carbocycles. The van der Waals surface area contributed by atoms with Crippen LogP contribution in [0.15, 0.2) is 47.4 Å². The smallest absolute Gasteiger partial charge is 0.175 e. The Kier molecular flexibility index (Phi) is 2.54. The van der Waals surface area contributed by atoms with Gasteiger partial charge in [-0.25, -0.2) is 10.8 Å². The van der Waals surface area contributed by atoms with Crippen molar-refractivity contribution >= 4 is 33.0 Å². The highest BCUT2D eigenvalue weighted by atomic mass is 35.5. The normalized spacial score (nSPS) is 25.8. The van der Waals surface area contributed by atoms with Gasteiger partial charge in [0.15, 0.2) is 5.78 Å². The minimum absolute atomic E-state index is 0.0299. The Morgan fingerprint density at radius 3 is 2.94 bits per heavy atom. The van der Waals surface area contributed by atoms with Crippen molar-refractivity contribution in [3.05, 3.63) is 53.1 Å². The van der Waals surface area contributed by atoms with Crippen LogP contribution in [0, 0.1) is 5.92 Å². The largest absolute Gasteiger partial charge is 0.799 e. The zero-order valence-corrected chi connectivity index (χ0v) is 10.3. The summed E-state index contributed by atoms with van der Waals surface area (Å²) in [4.78, 5) is 13.5. The Bertz CT molecular complexity index is 614. The molecule has 4 heteroatoms. The molecule has 1 aliphatic carbocycles. The molecule has 0 N–H and O–H groups in total. The minimum atomic E-state index is -1.26. The van der Waals surface area contributed by atoms with E-state index in [0.29, 0.717) is 20.3 Å². The average Bonchev–Trinajstić information content (AvgIpc) is 2.36. The third kappa shape index (κ3) is 1.62. The molecule has 2 atom stereocenters. The molecule has 86 valence electrons. The highest BCUT2D eigenvalue weighted by Crippen LogP contribution is 2.39. The van der Waals surface area contributed by atoms with E-state index in [1.54, 1.807) is 42.5 Å². The number of carbonyl (C=O) groups excluding carboxylic acids is 1. The number of ketones is 1. The quantitative estimate of drug-likeness (QED) is 0.675. The first-order chi connectivity index (χ1) is 8.18. The Morgan fingerprint density at radius 2 is 2.12 bits per heavy atom. The van der Waals surface area contributed by atoms with Gasteiger partial charge in [0.2, 0.25) is 0 Å². The number of allylic oxidation sites excluding steroid dienone is 4. The van der Waals surface area contributed by atoms with Crippen LogP contribution in [0.5, 0.6) is 0 Å². The van der Waals surface area contributed by atoms with E-state index in [2.05, 4.69) is 0 Å². The SMILES string of the molecule is O=C1c2cc(Cl)ccc2S([O-])=C2C=CC=CC12. The molecule has 17 heavy (non-hydrogen) atoms. The Balaban J connectivity index is 2.30. The second-order valence-electron chi connectivity index (χ2n) is 3.90. The molecule has 0 aromatic heterocycles. The number of rotatable bonds is 0. The van der Waals surface area contributed by atoms with Crippen LogP contribution < -0.4 is 0 Å². The van der Waals surface area contributed by atoms with E-state index in [9.17, 15) is 9.35 Å². The molecule has 2 aliphatic rings. The van der Waals surface area contributed by atoms with Crippen molar-refractivity contribution in [2.24, 2.45) is 5.92 Å². The van der Waals surface area contributed by atoms with E-state index in [4.69, 9.17) is 11.6 Å². The summed E-state index contributed by atoms with van der Waals surface area (Å²) >= 11 is 5.87. The summed E-state index contributed by atoms with van der Waals surface area (Å²) in [6, 6.07) is 4.93. The van der Waals surface area contributed by atoms with Crippen molar-refractivity contribution in [3.8, 4) is 0 Å². The van der Waals surface area contributed by atoms with E-state index < -0.39 is 16.7 Å². The molecule has 0 spiro atoms. The molecule has 0 radical (unpaired) electrons. The number of fused-ring (bicyclic) bond motifs is 2. The van der Waals surface area contributed by atoms with Gasteiger partial charge in [-0.15, -0.1) is 0 Å². The predicted octanol–water partition coefficient (Wildman–Crippen LogP) is 3.21. The minimum Gasteiger partial charge on any atom is -0.799 e. The molecule has 1 aliphatic heterocycles. The number of hydrogen-bond donors (Lipinski definition) is 0. The maximum absolute atomic E-state index is 12.3. The van der Waals surface area contributed by atoms with E-state index >= 15 is 0 Å². The fourth-order valence-corrected chi connectivity index (χ4v) is 3.66. The molecule has 1 heterocycles. The van der Waals surface area contributed by atoms with Crippen LogP contribution in [-0.2, 0) is 0 Å². The van der Waals surface area contributed by atoms with Gasteiger partial charge in [0.25, 0.3) is 0 Å². The second kappa shape index (κ2) is 3.95. The summed E-state index contributed by atoms with van der Waals surface area (Å²) in [5, 5.41) is 0.493. The summed E-state index contributed by atoms with van der Waals surface area (Å²) in [7, 11) is -1.26. The Hall–Kier alpha value is -1.16. The van der Waals surface area contributed by atoms with Gasteiger partial charge in [-0.2, -0.15) is 0 Å². The summed E-state index contributed by atoms with van der Waals surface area (Å²) in [6.45, 7) is 0. The van der Waals surface area contributed by atoms with Gasteiger partial charge in [-0.3, -0.25) is 4.79 Å². The topological polar surface area (TPSA) is 40.1 Å². The second-order valence-corrected chi connectivity index (χ2v) is 5.78. The molecule has 2 nitrogen and oxygen atoms in total. The van der Waals surface area contributed by atoms with Gasteiger partial charge in [0, 0.05) is 10.6 Å². The van der Waals surface area contributed by atoms with Crippen molar-refractivity contribution in [3.63, 3.8) is 0 Å². The van der Waals surface area contributed by atoms with Crippen molar-refractivity contribution in [1.29, 1.82) is 0 Å². The first-order valence-corrected chi connectivity index (χ1v) is 6.68. The predicted molar refractivity (Wildman–Crippen MR) is 69.2 cm³/mol. The standard InChI is InChI=1S/C13H8ClO2S/c14-8-5-6-12-10(7-8)13(15)9-3-1-2-4-11(9)17(12)16/h1-7,9H/q-1. The lowest BCUT2D eigenvalue weighted by atomic mass is 9.91. The van der Waals surface area contributed by atoms with Gasteiger partial charge in [0.1, 0.15) is 0 Å².